The summed E-state index contributed by atoms with van der Waals surface area (Å²) in [4.78, 5) is 19.9. The van der Waals surface area contributed by atoms with Crippen molar-refractivity contribution < 1.29 is 19.7 Å². The maximum absolute atomic E-state index is 9.91. The molecule has 1 saturated heterocycles. The second-order valence-electron chi connectivity index (χ2n) is 10.0. The molecule has 1 aliphatic rings. The van der Waals surface area contributed by atoms with E-state index in [0.29, 0.717) is 17.8 Å². The van der Waals surface area contributed by atoms with Gasteiger partial charge in [-0.3, -0.25) is 4.79 Å². The number of amidine groups is 1. The summed E-state index contributed by atoms with van der Waals surface area (Å²) in [6, 6.07) is 9.53. The maximum Gasteiger partial charge on any atom is 0.290 e. The number of likely N-dealkylation sites (tertiary alicyclic amines) is 1. The Hall–Kier alpha value is -4.64. The van der Waals surface area contributed by atoms with Crippen molar-refractivity contribution in [3.05, 3.63) is 65.6 Å². The summed E-state index contributed by atoms with van der Waals surface area (Å²) in [6.07, 6.45) is 8.43. The summed E-state index contributed by atoms with van der Waals surface area (Å²) < 4.78 is 7.17. The molecule has 1 aliphatic heterocycles. The second kappa shape index (κ2) is 13.1. The molecule has 0 bridgehead atoms. The minimum Gasteiger partial charge on any atom is -0.508 e. The van der Waals surface area contributed by atoms with E-state index in [9.17, 15) is 5.11 Å². The van der Waals surface area contributed by atoms with Gasteiger partial charge < -0.3 is 30.9 Å². The number of aromatic hydroxyl groups is 1. The number of nitrogens with two attached hydrogens (primary N) is 1. The summed E-state index contributed by atoms with van der Waals surface area (Å²) in [6.45, 7) is 5.90. The first-order chi connectivity index (χ1) is 19.8. The molecule has 11 nitrogen and oxygen atoms in total. The Balaban J connectivity index is 0.00000124. The van der Waals surface area contributed by atoms with E-state index in [2.05, 4.69) is 28.3 Å². The lowest BCUT2D eigenvalue weighted by molar-refractivity contribution is -0.122. The highest BCUT2D eigenvalue weighted by Gasteiger charge is 2.22. The van der Waals surface area contributed by atoms with Crippen LogP contribution in [0.25, 0.3) is 16.6 Å². The maximum atomic E-state index is 9.91. The first kappa shape index (κ1) is 29.3. The molecule has 0 aliphatic carbocycles. The minimum atomic E-state index is -0.250. The fourth-order valence-corrected chi connectivity index (χ4v) is 5.01. The third-order valence-corrected chi connectivity index (χ3v) is 7.27. The number of piperidine rings is 1. The Labute approximate surface area is 239 Å². The van der Waals surface area contributed by atoms with Crippen molar-refractivity contribution in [3.63, 3.8) is 0 Å². The summed E-state index contributed by atoms with van der Waals surface area (Å²) >= 11 is 0. The van der Waals surface area contributed by atoms with E-state index in [1.165, 1.54) is 0 Å². The molecule has 5 rings (SSSR count). The number of nitrogens with one attached hydrogen (secondary N) is 1. The molecule has 0 amide bonds. The van der Waals surface area contributed by atoms with Crippen molar-refractivity contribution in [2.75, 3.05) is 32.6 Å². The molecule has 216 valence electrons. The Kier molecular flexibility index (Phi) is 9.41. The predicted molar refractivity (Wildman–Crippen MR) is 160 cm³/mol. The Morgan fingerprint density at radius 2 is 1.98 bits per heavy atom. The molecule has 1 aromatic carbocycles. The number of hydrogen-bond donors (Lipinski definition) is 4. The Morgan fingerprint density at radius 3 is 2.63 bits per heavy atom. The Bertz CT molecular complexity index is 1540. The van der Waals surface area contributed by atoms with Crippen molar-refractivity contribution in [2.45, 2.75) is 39.2 Å². The zero-order valence-corrected chi connectivity index (χ0v) is 23.8. The molecule has 4 aromatic rings. The van der Waals surface area contributed by atoms with Gasteiger partial charge in [0.05, 0.1) is 35.8 Å². The van der Waals surface area contributed by atoms with E-state index in [4.69, 9.17) is 30.5 Å². The zero-order chi connectivity index (χ0) is 29.5. The van der Waals surface area contributed by atoms with Crippen LogP contribution in [0.2, 0.25) is 0 Å². The third kappa shape index (κ3) is 6.75. The van der Waals surface area contributed by atoms with Crippen molar-refractivity contribution in [2.24, 2.45) is 10.7 Å². The van der Waals surface area contributed by atoms with Crippen LogP contribution >= 0.6 is 0 Å². The molecule has 0 atom stereocenters. The van der Waals surface area contributed by atoms with Crippen LogP contribution in [0.3, 0.4) is 0 Å². The molecular formula is C30H37N7O4. The highest BCUT2D eigenvalue weighted by atomic mass is 16.5. The molecule has 0 radical (unpaired) electrons. The topological polar surface area (TPSA) is 151 Å². The van der Waals surface area contributed by atoms with Crippen LogP contribution in [0.4, 0.5) is 11.4 Å². The third-order valence-electron chi connectivity index (χ3n) is 7.27. The number of pyridine rings is 1. The number of carboxylic acid groups (broad SMARTS) is 1. The van der Waals surface area contributed by atoms with E-state index in [1.807, 2.05) is 36.8 Å². The van der Waals surface area contributed by atoms with E-state index < -0.39 is 0 Å². The summed E-state index contributed by atoms with van der Waals surface area (Å²) in [5.41, 5.74) is 14.0. The minimum absolute atomic E-state index is 0.219. The van der Waals surface area contributed by atoms with Gasteiger partial charge in [-0.15, -0.1) is 0 Å². The van der Waals surface area contributed by atoms with Crippen LogP contribution < -0.4 is 15.8 Å². The van der Waals surface area contributed by atoms with E-state index in [-0.39, 0.29) is 12.2 Å². The molecule has 11 heteroatoms. The standard InChI is InChI=1S/C29H35N7O2.CH2O2/c1-5-19-13-22(37)6-7-25(19)34-29(30)24-16-32-36-17-20(23-15-31-27(38-4)12-18(23)2)14-26(36)28(24)33-21-8-10-35(3)11-9-21;2-1-3/h6-7,12-17,21,33,37H,5,8-11H2,1-4H3,(H2,30,34);1H,(H,2,3). The number of aryl methyl sites for hydroxylation is 2. The molecule has 0 spiro atoms. The quantitative estimate of drug-likeness (QED) is 0.148. The summed E-state index contributed by atoms with van der Waals surface area (Å²) in [5, 5.41) is 25.3. The van der Waals surface area contributed by atoms with Gasteiger partial charge in [0, 0.05) is 35.6 Å². The van der Waals surface area contributed by atoms with Gasteiger partial charge >= 0.3 is 0 Å². The fraction of sp³-hybridized carbons (Fsp3) is 0.333. The first-order valence-corrected chi connectivity index (χ1v) is 13.5. The van der Waals surface area contributed by atoms with Crippen molar-refractivity contribution in [1.29, 1.82) is 0 Å². The van der Waals surface area contributed by atoms with Gasteiger partial charge in [-0.1, -0.05) is 6.92 Å². The van der Waals surface area contributed by atoms with Crippen LogP contribution in [0.5, 0.6) is 11.6 Å². The van der Waals surface area contributed by atoms with Crippen molar-refractivity contribution in [3.8, 4) is 22.8 Å². The highest BCUT2D eigenvalue weighted by molar-refractivity contribution is 6.06. The number of benzene rings is 1. The SMILES string of the molecule is CCc1cc(O)ccc1N=C(N)c1cnn2cc(-c3cnc(OC)cc3C)cc2c1NC1CCN(C)CC1.O=CO. The van der Waals surface area contributed by atoms with Crippen LogP contribution in [0, 0.1) is 6.92 Å². The Morgan fingerprint density at radius 1 is 1.24 bits per heavy atom. The number of anilines is 1. The van der Waals surface area contributed by atoms with Crippen LogP contribution in [-0.2, 0) is 11.2 Å². The number of rotatable bonds is 7. The number of methoxy groups -OCH3 is 1. The van der Waals surface area contributed by atoms with E-state index >= 15 is 0 Å². The van der Waals surface area contributed by atoms with Crippen molar-refractivity contribution >= 4 is 29.2 Å². The van der Waals surface area contributed by atoms with E-state index in [1.54, 1.807) is 31.5 Å². The number of hydrogen-bond acceptors (Lipinski definition) is 8. The molecule has 41 heavy (non-hydrogen) atoms. The lowest BCUT2D eigenvalue weighted by Crippen LogP contribution is -2.37. The average Bonchev–Trinajstić information content (AvgIpc) is 3.40. The fourth-order valence-electron chi connectivity index (χ4n) is 5.01. The number of phenols is 1. The molecular weight excluding hydrogens is 522 g/mol. The van der Waals surface area contributed by atoms with Gasteiger partial charge in [0.1, 0.15) is 11.6 Å². The van der Waals surface area contributed by atoms with Crippen LogP contribution in [0.15, 0.2) is 53.9 Å². The van der Waals surface area contributed by atoms with Crippen LogP contribution in [0.1, 0.15) is 36.5 Å². The lowest BCUT2D eigenvalue weighted by atomic mass is 10.0. The van der Waals surface area contributed by atoms with Gasteiger partial charge in [-0.05, 0) is 81.7 Å². The number of carbonyl (C=O) groups is 1. The summed E-state index contributed by atoms with van der Waals surface area (Å²) in [5.74, 6) is 1.18. The normalized spacial score (nSPS) is 14.4. The average molecular weight is 560 g/mol. The molecule has 5 N–H and O–H groups in total. The number of phenolic OH excluding ortho intramolecular Hbond substituents is 1. The molecule has 0 unspecified atom stereocenters. The summed E-state index contributed by atoms with van der Waals surface area (Å²) in [7, 11) is 3.78. The molecule has 3 aromatic heterocycles. The molecule has 0 saturated carbocycles. The van der Waals surface area contributed by atoms with Gasteiger partial charge in [-0.2, -0.15) is 5.10 Å². The number of aliphatic imine (C=N–C) groups is 1. The lowest BCUT2D eigenvalue weighted by Gasteiger charge is -2.30. The predicted octanol–water partition coefficient (Wildman–Crippen LogP) is 4.23. The number of fused-ring (bicyclic) bond motifs is 1. The van der Waals surface area contributed by atoms with Crippen molar-refractivity contribution in [1.82, 2.24) is 19.5 Å². The highest BCUT2D eigenvalue weighted by Crippen LogP contribution is 2.33. The molecule has 4 heterocycles. The first-order valence-electron chi connectivity index (χ1n) is 13.5. The monoisotopic (exact) mass is 559 g/mol. The largest absolute Gasteiger partial charge is 0.508 e. The smallest absolute Gasteiger partial charge is 0.290 e. The van der Waals surface area contributed by atoms with Gasteiger partial charge in [0.25, 0.3) is 6.47 Å². The van der Waals surface area contributed by atoms with Gasteiger partial charge in [0.2, 0.25) is 5.88 Å². The molecule has 1 fully saturated rings. The van der Waals surface area contributed by atoms with Gasteiger partial charge in [0.15, 0.2) is 0 Å². The second-order valence-corrected chi connectivity index (χ2v) is 10.0. The van der Waals surface area contributed by atoms with Gasteiger partial charge in [-0.25, -0.2) is 14.5 Å². The van der Waals surface area contributed by atoms with E-state index in [0.717, 1.165) is 77.1 Å². The number of nitrogens with zero attached hydrogens (tertiary/aromatic N) is 5. The zero-order valence-electron chi connectivity index (χ0n) is 23.8. The van der Waals surface area contributed by atoms with Crippen LogP contribution in [-0.4, -0.2) is 75.3 Å². The number of aromatic nitrogens is 3. The number of ether oxygens (including phenoxy) is 1.